The van der Waals surface area contributed by atoms with Crippen molar-refractivity contribution >= 4 is 28.9 Å². The summed E-state index contributed by atoms with van der Waals surface area (Å²) in [5.41, 5.74) is 1.80. The Hall–Kier alpha value is -2.22. The van der Waals surface area contributed by atoms with Crippen molar-refractivity contribution in [2.75, 3.05) is 7.11 Å². The summed E-state index contributed by atoms with van der Waals surface area (Å²) >= 11 is 7.26. The molecule has 8 heteroatoms. The summed E-state index contributed by atoms with van der Waals surface area (Å²) in [6.45, 7) is 0.412. The van der Waals surface area contributed by atoms with E-state index >= 15 is 0 Å². The van der Waals surface area contributed by atoms with Gasteiger partial charge in [-0.15, -0.1) is 11.3 Å². The van der Waals surface area contributed by atoms with Crippen molar-refractivity contribution in [3.63, 3.8) is 0 Å². The number of carboxylic acids is 1. The van der Waals surface area contributed by atoms with E-state index in [1.165, 1.54) is 11.3 Å². The molecule has 1 N–H and O–H groups in total. The number of pyridine rings is 1. The average molecular weight is 365 g/mol. The molecule has 0 aliphatic rings. The minimum Gasteiger partial charge on any atom is -0.481 e. The number of thiophene rings is 1. The molecule has 0 amide bonds. The van der Waals surface area contributed by atoms with Crippen LogP contribution in [0, 0.1) is 0 Å². The standard InChI is InChI=1S/C16H13ClN2O4S/c1-22-8-10-3-2-9(7-18-10)16-19-11(6-14(20)21)15(23-16)12-4-5-13(17)24-12/h2-5,7H,6,8H2,1H3,(H,20,21). The summed E-state index contributed by atoms with van der Waals surface area (Å²) < 4.78 is 11.4. The minimum atomic E-state index is -0.979. The first-order valence-electron chi connectivity index (χ1n) is 6.98. The van der Waals surface area contributed by atoms with Crippen LogP contribution in [0.1, 0.15) is 11.4 Å². The Kier molecular flexibility index (Phi) is 4.94. The molecule has 3 rings (SSSR count). The fourth-order valence-electron chi connectivity index (χ4n) is 2.15. The van der Waals surface area contributed by atoms with Crippen molar-refractivity contribution in [2.45, 2.75) is 13.0 Å². The van der Waals surface area contributed by atoms with E-state index in [2.05, 4.69) is 9.97 Å². The molecule has 0 saturated carbocycles. The van der Waals surface area contributed by atoms with Crippen molar-refractivity contribution in [2.24, 2.45) is 0 Å². The molecule has 124 valence electrons. The van der Waals surface area contributed by atoms with Crippen LogP contribution in [0.25, 0.3) is 22.1 Å². The van der Waals surface area contributed by atoms with Gasteiger partial charge in [-0.25, -0.2) is 4.98 Å². The molecule has 6 nitrogen and oxygen atoms in total. The number of aliphatic carboxylic acids is 1. The predicted octanol–water partition coefficient (Wildman–Crippen LogP) is 3.89. The van der Waals surface area contributed by atoms with Crippen molar-refractivity contribution in [3.05, 3.63) is 46.2 Å². The van der Waals surface area contributed by atoms with Crippen LogP contribution in [-0.2, 0) is 22.6 Å². The van der Waals surface area contributed by atoms with Crippen LogP contribution in [0.2, 0.25) is 4.34 Å². The number of halogens is 1. The van der Waals surface area contributed by atoms with Crippen molar-refractivity contribution < 1.29 is 19.1 Å². The molecule has 0 unspecified atom stereocenters. The van der Waals surface area contributed by atoms with Crippen LogP contribution in [0.4, 0.5) is 0 Å². The summed E-state index contributed by atoms with van der Waals surface area (Å²) in [4.78, 5) is 20.4. The maximum absolute atomic E-state index is 11.1. The van der Waals surface area contributed by atoms with Gasteiger partial charge in [0.1, 0.15) is 0 Å². The first-order chi connectivity index (χ1) is 11.6. The number of methoxy groups -OCH3 is 1. The van der Waals surface area contributed by atoms with Crippen molar-refractivity contribution in [3.8, 4) is 22.1 Å². The van der Waals surface area contributed by atoms with Crippen molar-refractivity contribution in [1.82, 2.24) is 9.97 Å². The Morgan fingerprint density at radius 1 is 1.38 bits per heavy atom. The maximum Gasteiger partial charge on any atom is 0.309 e. The third kappa shape index (κ3) is 3.64. The van der Waals surface area contributed by atoms with Gasteiger partial charge >= 0.3 is 5.97 Å². The molecule has 0 fully saturated rings. The van der Waals surface area contributed by atoms with Gasteiger partial charge in [-0.1, -0.05) is 11.6 Å². The normalized spacial score (nSPS) is 10.9. The molecule has 0 atom stereocenters. The summed E-state index contributed by atoms with van der Waals surface area (Å²) in [5, 5.41) is 9.09. The van der Waals surface area contributed by atoms with Gasteiger partial charge in [0.2, 0.25) is 5.89 Å². The molecule has 0 saturated heterocycles. The smallest absolute Gasteiger partial charge is 0.309 e. The fraction of sp³-hybridized carbons (Fsp3) is 0.188. The second-order valence-electron chi connectivity index (χ2n) is 4.94. The zero-order valence-corrected chi connectivity index (χ0v) is 14.2. The lowest BCUT2D eigenvalue weighted by molar-refractivity contribution is -0.136. The van der Waals surface area contributed by atoms with Gasteiger partial charge in [0.25, 0.3) is 0 Å². The van der Waals surface area contributed by atoms with Crippen LogP contribution in [0.15, 0.2) is 34.9 Å². The number of nitrogens with zero attached hydrogens (tertiary/aromatic N) is 2. The molecule has 3 heterocycles. The molecule has 0 aromatic carbocycles. The number of hydrogen-bond donors (Lipinski definition) is 1. The molecule has 0 radical (unpaired) electrons. The second-order valence-corrected chi connectivity index (χ2v) is 6.66. The third-order valence-corrected chi connectivity index (χ3v) is 4.41. The molecule has 24 heavy (non-hydrogen) atoms. The van der Waals surface area contributed by atoms with E-state index in [4.69, 9.17) is 25.9 Å². The van der Waals surface area contributed by atoms with E-state index in [-0.39, 0.29) is 6.42 Å². The molecule has 0 spiro atoms. The molecule has 0 bridgehead atoms. The summed E-state index contributed by atoms with van der Waals surface area (Å²) in [7, 11) is 1.60. The van der Waals surface area contributed by atoms with E-state index in [1.807, 2.05) is 12.1 Å². The highest BCUT2D eigenvalue weighted by Gasteiger charge is 2.20. The van der Waals surface area contributed by atoms with Gasteiger partial charge in [0, 0.05) is 13.3 Å². The molecule has 3 aromatic rings. The SMILES string of the molecule is COCc1ccc(-c2nc(CC(=O)O)c(-c3ccc(Cl)s3)o2)cn1. The van der Waals surface area contributed by atoms with Gasteiger partial charge < -0.3 is 14.3 Å². The van der Waals surface area contributed by atoms with E-state index < -0.39 is 5.97 Å². The lowest BCUT2D eigenvalue weighted by atomic mass is 10.2. The Balaban J connectivity index is 1.99. The van der Waals surface area contributed by atoms with Crippen LogP contribution in [0.5, 0.6) is 0 Å². The molecular weight excluding hydrogens is 352 g/mol. The quantitative estimate of drug-likeness (QED) is 0.714. The molecule has 3 aromatic heterocycles. The highest BCUT2D eigenvalue weighted by Crippen LogP contribution is 2.36. The van der Waals surface area contributed by atoms with Crippen LogP contribution in [-0.4, -0.2) is 28.2 Å². The first-order valence-corrected chi connectivity index (χ1v) is 8.17. The van der Waals surface area contributed by atoms with Gasteiger partial charge in [0.05, 0.1) is 39.2 Å². The zero-order chi connectivity index (χ0) is 17.1. The Labute approximate surface area is 146 Å². The molecule has 0 aliphatic carbocycles. The summed E-state index contributed by atoms with van der Waals surface area (Å²) in [5.74, 6) is -0.236. The number of aromatic nitrogens is 2. The van der Waals surface area contributed by atoms with Gasteiger partial charge in [-0.2, -0.15) is 0 Å². The number of carbonyl (C=O) groups is 1. The Bertz CT molecular complexity index is 857. The minimum absolute atomic E-state index is 0.233. The summed E-state index contributed by atoms with van der Waals surface area (Å²) in [6, 6.07) is 7.13. The van der Waals surface area contributed by atoms with Gasteiger partial charge in [0.15, 0.2) is 5.76 Å². The predicted molar refractivity (Wildman–Crippen MR) is 90.1 cm³/mol. The third-order valence-electron chi connectivity index (χ3n) is 3.18. The lowest BCUT2D eigenvalue weighted by Crippen LogP contribution is -2.01. The number of carboxylic acid groups (broad SMARTS) is 1. The number of oxazole rings is 1. The highest BCUT2D eigenvalue weighted by molar-refractivity contribution is 7.19. The zero-order valence-electron chi connectivity index (χ0n) is 12.7. The highest BCUT2D eigenvalue weighted by atomic mass is 35.5. The van der Waals surface area contributed by atoms with E-state index in [0.29, 0.717) is 33.9 Å². The van der Waals surface area contributed by atoms with Crippen LogP contribution >= 0.6 is 22.9 Å². The topological polar surface area (TPSA) is 85.5 Å². The maximum atomic E-state index is 11.1. The molecule has 0 aliphatic heterocycles. The Morgan fingerprint density at radius 2 is 2.21 bits per heavy atom. The number of rotatable bonds is 6. The van der Waals surface area contributed by atoms with Crippen molar-refractivity contribution in [1.29, 1.82) is 0 Å². The monoisotopic (exact) mass is 364 g/mol. The average Bonchev–Trinajstić information content (AvgIpc) is 3.14. The van der Waals surface area contributed by atoms with Gasteiger partial charge in [-0.05, 0) is 24.3 Å². The van der Waals surface area contributed by atoms with E-state index in [1.54, 1.807) is 25.4 Å². The summed E-state index contributed by atoms with van der Waals surface area (Å²) in [6.07, 6.45) is 1.39. The number of hydrogen-bond acceptors (Lipinski definition) is 6. The van der Waals surface area contributed by atoms with Crippen LogP contribution < -0.4 is 0 Å². The Morgan fingerprint density at radius 3 is 2.79 bits per heavy atom. The fourth-order valence-corrected chi connectivity index (χ4v) is 3.20. The number of ether oxygens (including phenoxy) is 1. The molecular formula is C16H13ClN2O4S. The first kappa shape index (κ1) is 16.6. The van der Waals surface area contributed by atoms with Gasteiger partial charge in [-0.3, -0.25) is 9.78 Å². The lowest BCUT2D eigenvalue weighted by Gasteiger charge is -1.99. The second kappa shape index (κ2) is 7.12. The largest absolute Gasteiger partial charge is 0.481 e. The van der Waals surface area contributed by atoms with E-state index in [9.17, 15) is 4.79 Å². The van der Waals surface area contributed by atoms with E-state index in [0.717, 1.165) is 10.6 Å². The van der Waals surface area contributed by atoms with Crippen LogP contribution in [0.3, 0.4) is 0 Å².